The van der Waals surface area contributed by atoms with E-state index in [-0.39, 0.29) is 6.54 Å². The SMILES string of the molecule is Cc1ccc(C2(C)NC(=O)N(CC(=O)Nc3ccc(C)c4ncccc34)C2=O)cc1. The second kappa shape index (κ2) is 7.26. The topological polar surface area (TPSA) is 91.4 Å². The number of rotatable bonds is 4. The number of hydrogen-bond donors (Lipinski definition) is 2. The van der Waals surface area contributed by atoms with Gasteiger partial charge in [-0.1, -0.05) is 35.9 Å². The van der Waals surface area contributed by atoms with Gasteiger partial charge >= 0.3 is 6.03 Å². The van der Waals surface area contributed by atoms with Crippen molar-refractivity contribution in [3.63, 3.8) is 0 Å². The molecule has 7 heteroatoms. The number of urea groups is 1. The van der Waals surface area contributed by atoms with Gasteiger partial charge in [-0.3, -0.25) is 19.5 Å². The van der Waals surface area contributed by atoms with Gasteiger partial charge in [0.2, 0.25) is 5.91 Å². The summed E-state index contributed by atoms with van der Waals surface area (Å²) in [5, 5.41) is 6.32. The summed E-state index contributed by atoms with van der Waals surface area (Å²) in [7, 11) is 0. The molecule has 2 heterocycles. The van der Waals surface area contributed by atoms with Gasteiger partial charge < -0.3 is 10.6 Å². The molecule has 30 heavy (non-hydrogen) atoms. The molecule has 4 rings (SSSR count). The number of aromatic nitrogens is 1. The molecule has 0 radical (unpaired) electrons. The van der Waals surface area contributed by atoms with Gasteiger partial charge in [0.15, 0.2) is 0 Å². The smallest absolute Gasteiger partial charge is 0.324 e. The van der Waals surface area contributed by atoms with Gasteiger partial charge in [-0.15, -0.1) is 0 Å². The lowest BCUT2D eigenvalue weighted by Crippen LogP contribution is -2.42. The van der Waals surface area contributed by atoms with Gasteiger partial charge in [-0.2, -0.15) is 0 Å². The van der Waals surface area contributed by atoms with Crippen LogP contribution in [-0.2, 0) is 15.1 Å². The highest BCUT2D eigenvalue weighted by atomic mass is 16.2. The summed E-state index contributed by atoms with van der Waals surface area (Å²) in [5.74, 6) is -0.914. The molecule has 1 atom stereocenters. The summed E-state index contributed by atoms with van der Waals surface area (Å²) in [6.45, 7) is 5.17. The number of aryl methyl sites for hydroxylation is 2. The highest BCUT2D eigenvalue weighted by Gasteiger charge is 2.49. The summed E-state index contributed by atoms with van der Waals surface area (Å²) in [6.07, 6.45) is 1.69. The van der Waals surface area contributed by atoms with Crippen LogP contribution >= 0.6 is 0 Å². The molecule has 1 aromatic heterocycles. The summed E-state index contributed by atoms with van der Waals surface area (Å²) in [4.78, 5) is 43.5. The van der Waals surface area contributed by atoms with E-state index in [1.807, 2.05) is 50.2 Å². The number of pyridine rings is 1. The van der Waals surface area contributed by atoms with Crippen LogP contribution in [-0.4, -0.2) is 34.3 Å². The second-order valence-corrected chi connectivity index (χ2v) is 7.69. The van der Waals surface area contributed by atoms with E-state index in [0.29, 0.717) is 11.3 Å². The maximum Gasteiger partial charge on any atom is 0.325 e. The van der Waals surface area contributed by atoms with Gasteiger partial charge in [-0.05, 0) is 50.1 Å². The zero-order valence-corrected chi connectivity index (χ0v) is 17.0. The average Bonchev–Trinajstić information content (AvgIpc) is 2.94. The molecule has 152 valence electrons. The normalized spacial score (nSPS) is 18.6. The van der Waals surface area contributed by atoms with Gasteiger partial charge in [0.05, 0.1) is 11.2 Å². The molecule has 0 aliphatic carbocycles. The molecule has 2 aromatic carbocycles. The maximum atomic E-state index is 13.0. The van der Waals surface area contributed by atoms with Crippen molar-refractivity contribution in [2.75, 3.05) is 11.9 Å². The number of carbonyl (C=O) groups is 3. The van der Waals surface area contributed by atoms with E-state index >= 15 is 0 Å². The summed E-state index contributed by atoms with van der Waals surface area (Å²) < 4.78 is 0. The highest BCUT2D eigenvalue weighted by molar-refractivity contribution is 6.11. The first-order chi connectivity index (χ1) is 14.3. The Labute approximate surface area is 174 Å². The first-order valence-electron chi connectivity index (χ1n) is 9.65. The predicted molar refractivity (Wildman–Crippen MR) is 114 cm³/mol. The Balaban J connectivity index is 1.54. The summed E-state index contributed by atoms with van der Waals surface area (Å²) >= 11 is 0. The number of carbonyl (C=O) groups excluding carboxylic acids is 3. The Morgan fingerprint density at radius 3 is 2.57 bits per heavy atom. The van der Waals surface area contributed by atoms with Crippen molar-refractivity contribution >= 4 is 34.4 Å². The number of anilines is 1. The third-order valence-corrected chi connectivity index (χ3v) is 5.45. The number of hydrogen-bond acceptors (Lipinski definition) is 4. The molecule has 7 nitrogen and oxygen atoms in total. The number of nitrogens with zero attached hydrogens (tertiary/aromatic N) is 2. The minimum absolute atomic E-state index is 0.373. The zero-order chi connectivity index (χ0) is 21.5. The van der Waals surface area contributed by atoms with E-state index in [9.17, 15) is 14.4 Å². The molecular formula is C23H22N4O3. The van der Waals surface area contributed by atoms with Gasteiger partial charge in [0.1, 0.15) is 12.1 Å². The van der Waals surface area contributed by atoms with Crippen LogP contribution in [0.4, 0.5) is 10.5 Å². The maximum absolute atomic E-state index is 13.0. The van der Waals surface area contributed by atoms with Crippen LogP contribution < -0.4 is 10.6 Å². The minimum atomic E-state index is -1.20. The molecule has 3 aromatic rings. The van der Waals surface area contributed by atoms with Crippen molar-refractivity contribution in [3.05, 3.63) is 71.4 Å². The fourth-order valence-electron chi connectivity index (χ4n) is 3.68. The van der Waals surface area contributed by atoms with Crippen LogP contribution in [0.15, 0.2) is 54.7 Å². The standard InChI is InChI=1S/C23H22N4O3/c1-14-6-9-16(10-7-14)23(3)21(29)27(22(30)26-23)13-19(28)25-18-11-8-15(2)20-17(18)5-4-12-24-20/h4-12H,13H2,1-3H3,(H,25,28)(H,26,30). The lowest BCUT2D eigenvalue weighted by molar-refractivity contribution is -0.133. The van der Waals surface area contributed by atoms with Crippen molar-refractivity contribution in [3.8, 4) is 0 Å². The second-order valence-electron chi connectivity index (χ2n) is 7.69. The van der Waals surface area contributed by atoms with Gasteiger partial charge in [0, 0.05) is 11.6 Å². The summed E-state index contributed by atoms with van der Waals surface area (Å²) in [6, 6.07) is 14.1. The van der Waals surface area contributed by atoms with Crippen molar-refractivity contribution in [1.82, 2.24) is 15.2 Å². The lowest BCUT2D eigenvalue weighted by atomic mass is 9.91. The predicted octanol–water partition coefficient (Wildman–Crippen LogP) is 3.26. The van der Waals surface area contributed by atoms with Crippen LogP contribution in [0.2, 0.25) is 0 Å². The van der Waals surface area contributed by atoms with Gasteiger partial charge in [0.25, 0.3) is 5.91 Å². The third-order valence-electron chi connectivity index (χ3n) is 5.45. The fourth-order valence-corrected chi connectivity index (χ4v) is 3.68. The van der Waals surface area contributed by atoms with E-state index in [4.69, 9.17) is 0 Å². The molecule has 1 aliphatic heterocycles. The van der Waals surface area contributed by atoms with Crippen molar-refractivity contribution in [2.45, 2.75) is 26.3 Å². The molecule has 1 fully saturated rings. The third kappa shape index (κ3) is 3.28. The average molecular weight is 402 g/mol. The van der Waals surface area contributed by atoms with Crippen LogP contribution in [0, 0.1) is 13.8 Å². The Kier molecular flexibility index (Phi) is 4.73. The monoisotopic (exact) mass is 402 g/mol. The molecule has 0 spiro atoms. The van der Waals surface area contributed by atoms with E-state index in [1.165, 1.54) is 0 Å². The molecule has 2 N–H and O–H groups in total. The van der Waals surface area contributed by atoms with Crippen LogP contribution in [0.5, 0.6) is 0 Å². The molecule has 1 saturated heterocycles. The van der Waals surface area contributed by atoms with E-state index in [2.05, 4.69) is 15.6 Å². The molecule has 0 saturated carbocycles. The number of amides is 4. The summed E-state index contributed by atoms with van der Waals surface area (Å²) in [5.41, 5.74) is 2.89. The van der Waals surface area contributed by atoms with Crippen LogP contribution in [0.25, 0.3) is 10.9 Å². The first kappa shape index (κ1) is 19.6. The Morgan fingerprint density at radius 1 is 1.10 bits per heavy atom. The molecule has 0 bridgehead atoms. The number of benzene rings is 2. The number of imide groups is 1. The molecular weight excluding hydrogens is 380 g/mol. The van der Waals surface area contributed by atoms with Crippen molar-refractivity contribution < 1.29 is 14.4 Å². The zero-order valence-electron chi connectivity index (χ0n) is 17.0. The minimum Gasteiger partial charge on any atom is -0.324 e. The Bertz CT molecular complexity index is 1170. The quantitative estimate of drug-likeness (QED) is 0.656. The highest BCUT2D eigenvalue weighted by Crippen LogP contribution is 2.29. The van der Waals surface area contributed by atoms with E-state index in [0.717, 1.165) is 26.9 Å². The fraction of sp³-hybridized carbons (Fsp3) is 0.217. The van der Waals surface area contributed by atoms with E-state index in [1.54, 1.807) is 25.3 Å². The van der Waals surface area contributed by atoms with Crippen LogP contribution in [0.1, 0.15) is 23.6 Å². The lowest BCUT2D eigenvalue weighted by Gasteiger charge is -2.22. The Morgan fingerprint density at radius 2 is 1.83 bits per heavy atom. The number of fused-ring (bicyclic) bond motifs is 1. The first-order valence-corrected chi connectivity index (χ1v) is 9.65. The number of nitrogens with one attached hydrogen (secondary N) is 2. The molecule has 4 amide bonds. The van der Waals surface area contributed by atoms with Gasteiger partial charge in [-0.25, -0.2) is 4.79 Å². The largest absolute Gasteiger partial charge is 0.325 e. The molecule has 1 aliphatic rings. The Hall–Kier alpha value is -3.74. The van der Waals surface area contributed by atoms with E-state index < -0.39 is 23.4 Å². The van der Waals surface area contributed by atoms with Crippen LogP contribution in [0.3, 0.4) is 0 Å². The van der Waals surface area contributed by atoms with Crippen molar-refractivity contribution in [2.24, 2.45) is 0 Å². The van der Waals surface area contributed by atoms with Crippen molar-refractivity contribution in [1.29, 1.82) is 0 Å². The molecule has 1 unspecified atom stereocenters.